The molecule has 1 aromatic carbocycles. The van der Waals surface area contributed by atoms with Gasteiger partial charge in [-0.05, 0) is 69.5 Å². The van der Waals surface area contributed by atoms with Gasteiger partial charge in [-0.3, -0.25) is 14.5 Å². The second-order valence-corrected chi connectivity index (χ2v) is 8.03. The zero-order chi connectivity index (χ0) is 20.7. The summed E-state index contributed by atoms with van der Waals surface area (Å²) in [6.45, 7) is 8.87. The molecule has 1 amide bonds. The van der Waals surface area contributed by atoms with Crippen molar-refractivity contribution in [2.45, 2.75) is 38.5 Å². The highest BCUT2D eigenvalue weighted by molar-refractivity contribution is 8.12. The lowest BCUT2D eigenvalue weighted by Crippen LogP contribution is -2.26. The van der Waals surface area contributed by atoms with Crippen molar-refractivity contribution in [3.8, 4) is 5.75 Å². The lowest BCUT2D eigenvalue weighted by atomic mass is 10.1. The predicted octanol–water partition coefficient (Wildman–Crippen LogP) is 3.69. The SMILES string of the molecule is C=C(CCCCCNC(=O)CSC=O)Nc1ccc(OCCN2CCCC2)cc1. The van der Waals surface area contributed by atoms with E-state index in [1.54, 1.807) is 0 Å². The Labute approximate surface area is 178 Å². The van der Waals surface area contributed by atoms with Gasteiger partial charge in [0.25, 0.3) is 0 Å². The van der Waals surface area contributed by atoms with Crippen molar-refractivity contribution in [1.29, 1.82) is 0 Å². The number of rotatable bonds is 15. The molecule has 7 heteroatoms. The van der Waals surface area contributed by atoms with Crippen LogP contribution in [0.1, 0.15) is 38.5 Å². The van der Waals surface area contributed by atoms with Crippen molar-refractivity contribution in [3.05, 3.63) is 36.5 Å². The molecule has 0 unspecified atom stereocenters. The number of benzene rings is 1. The van der Waals surface area contributed by atoms with Gasteiger partial charge in [-0.15, -0.1) is 0 Å². The standard InChI is InChI=1S/C22H33N3O3S/c1-19(7-3-2-4-12-23-22(27)17-29-18-26)24-20-8-10-21(11-9-20)28-16-15-25-13-5-6-14-25/h8-11,18,24H,1-7,12-17H2,(H,23,27). The molecule has 0 aromatic heterocycles. The molecule has 0 spiro atoms. The van der Waals surface area contributed by atoms with Crippen LogP contribution in [0.3, 0.4) is 0 Å². The summed E-state index contributed by atoms with van der Waals surface area (Å²) in [6.07, 6.45) is 6.47. The number of allylic oxidation sites excluding steroid dienone is 1. The number of carbonyl (C=O) groups is 2. The first-order valence-electron chi connectivity index (χ1n) is 10.4. The predicted molar refractivity (Wildman–Crippen MR) is 121 cm³/mol. The number of hydrogen-bond acceptors (Lipinski definition) is 6. The first kappa shape index (κ1) is 23.3. The van der Waals surface area contributed by atoms with Gasteiger partial charge in [0, 0.05) is 24.5 Å². The van der Waals surface area contributed by atoms with Crippen molar-refractivity contribution >= 4 is 29.0 Å². The summed E-state index contributed by atoms with van der Waals surface area (Å²) in [5.41, 5.74) is 2.69. The molecule has 1 aromatic rings. The Bertz CT molecular complexity index is 631. The summed E-state index contributed by atoms with van der Waals surface area (Å²) in [7, 11) is 0. The number of anilines is 1. The quantitative estimate of drug-likeness (QED) is 0.334. The molecule has 1 fully saturated rings. The summed E-state index contributed by atoms with van der Waals surface area (Å²) in [6, 6.07) is 8.02. The maximum Gasteiger partial charge on any atom is 0.230 e. The van der Waals surface area contributed by atoms with E-state index in [0.717, 1.165) is 67.7 Å². The number of amides is 1. The number of thioether (sulfide) groups is 1. The van der Waals surface area contributed by atoms with Crippen LogP contribution in [0.15, 0.2) is 36.5 Å². The van der Waals surface area contributed by atoms with Gasteiger partial charge in [0.1, 0.15) is 12.4 Å². The number of hydrogen-bond donors (Lipinski definition) is 2. The van der Waals surface area contributed by atoms with Crippen LogP contribution in [0, 0.1) is 0 Å². The Morgan fingerprint density at radius 3 is 2.66 bits per heavy atom. The Morgan fingerprint density at radius 1 is 1.17 bits per heavy atom. The summed E-state index contributed by atoms with van der Waals surface area (Å²) >= 11 is 0.977. The first-order valence-corrected chi connectivity index (χ1v) is 11.4. The van der Waals surface area contributed by atoms with Crippen LogP contribution in [0.25, 0.3) is 0 Å². The zero-order valence-electron chi connectivity index (χ0n) is 17.2. The normalized spacial score (nSPS) is 13.8. The molecule has 1 aliphatic rings. The van der Waals surface area contributed by atoms with Gasteiger partial charge >= 0.3 is 0 Å². The summed E-state index contributed by atoms with van der Waals surface area (Å²) in [4.78, 5) is 24.0. The minimum Gasteiger partial charge on any atom is -0.492 e. The Kier molecular flexibility index (Phi) is 11.3. The molecule has 0 saturated carbocycles. The van der Waals surface area contributed by atoms with Crippen molar-refractivity contribution < 1.29 is 14.3 Å². The van der Waals surface area contributed by atoms with Crippen molar-refractivity contribution in [3.63, 3.8) is 0 Å². The van der Waals surface area contributed by atoms with Gasteiger partial charge in [0.05, 0.1) is 5.75 Å². The van der Waals surface area contributed by atoms with Gasteiger partial charge in [-0.2, -0.15) is 0 Å². The highest BCUT2D eigenvalue weighted by atomic mass is 32.2. The largest absolute Gasteiger partial charge is 0.492 e. The highest BCUT2D eigenvalue weighted by Gasteiger charge is 2.10. The zero-order valence-corrected chi connectivity index (χ0v) is 18.0. The van der Waals surface area contributed by atoms with Gasteiger partial charge in [-0.25, -0.2) is 0 Å². The number of nitrogens with one attached hydrogen (secondary N) is 2. The van der Waals surface area contributed by atoms with Gasteiger partial charge in [-0.1, -0.05) is 24.8 Å². The molecular weight excluding hydrogens is 386 g/mol. The van der Waals surface area contributed by atoms with Crippen molar-refractivity contribution in [2.75, 3.05) is 43.9 Å². The number of nitrogens with zero attached hydrogens (tertiary/aromatic N) is 1. The molecular formula is C22H33N3O3S. The van der Waals surface area contributed by atoms with E-state index in [9.17, 15) is 9.59 Å². The van der Waals surface area contributed by atoms with E-state index < -0.39 is 0 Å². The number of unbranched alkanes of at least 4 members (excludes halogenated alkanes) is 2. The molecule has 0 atom stereocenters. The maximum atomic E-state index is 11.4. The first-order chi connectivity index (χ1) is 14.2. The molecule has 1 aliphatic heterocycles. The Hall–Kier alpha value is -1.99. The van der Waals surface area contributed by atoms with Crippen LogP contribution in [0.5, 0.6) is 5.75 Å². The van der Waals surface area contributed by atoms with E-state index in [2.05, 4.69) is 22.1 Å². The summed E-state index contributed by atoms with van der Waals surface area (Å²) in [5, 5.41) is 6.15. The second-order valence-electron chi connectivity index (χ2n) is 7.22. The fourth-order valence-electron chi connectivity index (χ4n) is 3.23. The summed E-state index contributed by atoms with van der Waals surface area (Å²) < 4.78 is 5.83. The summed E-state index contributed by atoms with van der Waals surface area (Å²) in [5.74, 6) is 1.01. The third-order valence-corrected chi connectivity index (χ3v) is 5.38. The molecule has 1 saturated heterocycles. The second kappa shape index (κ2) is 14.1. The van der Waals surface area contributed by atoms with Gasteiger partial charge < -0.3 is 15.4 Å². The van der Waals surface area contributed by atoms with Crippen molar-refractivity contribution in [1.82, 2.24) is 10.2 Å². The smallest absolute Gasteiger partial charge is 0.230 e. The van der Waals surface area contributed by atoms with E-state index in [0.29, 0.717) is 12.2 Å². The molecule has 0 bridgehead atoms. The molecule has 6 nitrogen and oxygen atoms in total. The molecule has 160 valence electrons. The van der Waals surface area contributed by atoms with Crippen LogP contribution in [-0.2, 0) is 9.59 Å². The van der Waals surface area contributed by atoms with E-state index in [1.807, 2.05) is 24.3 Å². The van der Waals surface area contributed by atoms with Crippen LogP contribution in [0.2, 0.25) is 0 Å². The van der Waals surface area contributed by atoms with Crippen LogP contribution in [-0.4, -0.2) is 55.0 Å². The van der Waals surface area contributed by atoms with Gasteiger partial charge in [0.2, 0.25) is 5.91 Å². The van der Waals surface area contributed by atoms with E-state index >= 15 is 0 Å². The van der Waals surface area contributed by atoms with Crippen LogP contribution in [0.4, 0.5) is 5.69 Å². The third-order valence-electron chi connectivity index (χ3n) is 4.81. The lowest BCUT2D eigenvalue weighted by molar-refractivity contribution is -0.118. The number of carbonyl (C=O) groups excluding carboxylic acids is 2. The van der Waals surface area contributed by atoms with Gasteiger partial charge in [0.15, 0.2) is 5.62 Å². The number of ether oxygens (including phenoxy) is 1. The molecule has 0 radical (unpaired) electrons. The fraction of sp³-hybridized carbons (Fsp3) is 0.545. The van der Waals surface area contributed by atoms with E-state index in [1.165, 1.54) is 25.9 Å². The number of likely N-dealkylation sites (tertiary alicyclic amines) is 1. The maximum absolute atomic E-state index is 11.4. The molecule has 1 heterocycles. The Balaban J connectivity index is 1.52. The topological polar surface area (TPSA) is 70.7 Å². The lowest BCUT2D eigenvalue weighted by Gasteiger charge is -2.15. The monoisotopic (exact) mass is 419 g/mol. The molecule has 2 N–H and O–H groups in total. The third kappa shape index (κ3) is 10.4. The molecule has 29 heavy (non-hydrogen) atoms. The molecule has 0 aliphatic carbocycles. The van der Waals surface area contributed by atoms with Crippen LogP contribution < -0.4 is 15.4 Å². The minimum atomic E-state index is -0.0864. The molecule has 2 rings (SSSR count). The van der Waals surface area contributed by atoms with Crippen molar-refractivity contribution in [2.24, 2.45) is 0 Å². The van der Waals surface area contributed by atoms with E-state index in [-0.39, 0.29) is 11.7 Å². The van der Waals surface area contributed by atoms with E-state index in [4.69, 9.17) is 4.74 Å². The van der Waals surface area contributed by atoms with Crippen LogP contribution >= 0.6 is 11.8 Å². The average Bonchev–Trinajstić information content (AvgIpc) is 3.24. The minimum absolute atomic E-state index is 0.0864. The fourth-order valence-corrected chi connectivity index (χ4v) is 3.55. The Morgan fingerprint density at radius 2 is 1.93 bits per heavy atom. The highest BCUT2D eigenvalue weighted by Crippen LogP contribution is 2.18. The average molecular weight is 420 g/mol.